The van der Waals surface area contributed by atoms with Crippen LogP contribution in [0.5, 0.6) is 0 Å². The number of anilines is 1. The van der Waals surface area contributed by atoms with Crippen molar-refractivity contribution in [2.24, 2.45) is 5.14 Å². The van der Waals surface area contributed by atoms with Crippen LogP contribution in [0.1, 0.15) is 34.7 Å². The van der Waals surface area contributed by atoms with Crippen LogP contribution in [-0.2, 0) is 40.6 Å². The molecule has 3 heterocycles. The number of rotatable bonds is 7. The molecule has 0 atom stereocenters. The van der Waals surface area contributed by atoms with Crippen LogP contribution in [0, 0.1) is 0 Å². The minimum atomic E-state index is -3.67. The van der Waals surface area contributed by atoms with Gasteiger partial charge in [0.2, 0.25) is 10.0 Å². The monoisotopic (exact) mass is 487 g/mol. The second kappa shape index (κ2) is 9.63. The zero-order chi connectivity index (χ0) is 22.8. The molecule has 3 aromatic rings. The number of aryl methyl sites for hydroxylation is 2. The third-order valence-electron chi connectivity index (χ3n) is 6.29. The first-order valence-corrected chi connectivity index (χ1v) is 13.8. The van der Waals surface area contributed by atoms with Gasteiger partial charge in [-0.2, -0.15) is 0 Å². The Morgan fingerprint density at radius 1 is 1.09 bits per heavy atom. The molecule has 33 heavy (non-hydrogen) atoms. The molecular formula is C23H29N5O3S2. The Hall–Kier alpha value is -2.11. The summed E-state index contributed by atoms with van der Waals surface area (Å²) in [4.78, 5) is 14.9. The van der Waals surface area contributed by atoms with E-state index in [2.05, 4.69) is 10.2 Å². The highest BCUT2D eigenvalue weighted by Gasteiger charge is 2.22. The van der Waals surface area contributed by atoms with E-state index in [1.165, 1.54) is 28.7 Å². The van der Waals surface area contributed by atoms with E-state index in [0.717, 1.165) is 74.1 Å². The maximum absolute atomic E-state index is 11.5. The molecule has 2 aromatic heterocycles. The molecule has 1 aliphatic heterocycles. The number of primary sulfonamides is 1. The molecule has 1 fully saturated rings. The van der Waals surface area contributed by atoms with E-state index in [0.29, 0.717) is 6.54 Å². The van der Waals surface area contributed by atoms with Gasteiger partial charge in [0.1, 0.15) is 16.5 Å². The predicted octanol–water partition coefficient (Wildman–Crippen LogP) is 2.70. The molecule has 0 spiro atoms. The van der Waals surface area contributed by atoms with Crippen LogP contribution < -0.4 is 10.5 Å². The van der Waals surface area contributed by atoms with Gasteiger partial charge in [-0.15, -0.1) is 11.3 Å². The maximum atomic E-state index is 11.5. The number of aromatic nitrogens is 2. The molecule has 1 aliphatic carbocycles. The lowest BCUT2D eigenvalue weighted by Gasteiger charge is -2.25. The fourth-order valence-corrected chi connectivity index (χ4v) is 6.33. The van der Waals surface area contributed by atoms with Gasteiger partial charge in [0, 0.05) is 24.5 Å². The summed E-state index contributed by atoms with van der Waals surface area (Å²) in [7, 11) is -3.67. The largest absolute Gasteiger partial charge is 0.379 e. The summed E-state index contributed by atoms with van der Waals surface area (Å²) in [6.45, 7) is 4.74. The highest BCUT2D eigenvalue weighted by Crippen LogP contribution is 2.38. The average molecular weight is 488 g/mol. The van der Waals surface area contributed by atoms with Crippen molar-refractivity contribution in [2.75, 3.05) is 38.2 Å². The Kier molecular flexibility index (Phi) is 6.62. The SMILES string of the molecule is NS(=O)(=O)c1ccc(CCNc2nc(CN3CCOCC3)nc3sc4c(c23)CCCC4)cc1. The Balaban J connectivity index is 1.37. The summed E-state index contributed by atoms with van der Waals surface area (Å²) in [6.07, 6.45) is 5.42. The zero-order valence-corrected chi connectivity index (χ0v) is 20.2. The van der Waals surface area contributed by atoms with Gasteiger partial charge in [-0.25, -0.2) is 23.5 Å². The first-order valence-electron chi connectivity index (χ1n) is 11.4. The smallest absolute Gasteiger partial charge is 0.238 e. The second-order valence-electron chi connectivity index (χ2n) is 8.63. The van der Waals surface area contributed by atoms with Crippen molar-refractivity contribution in [3.05, 3.63) is 46.1 Å². The van der Waals surface area contributed by atoms with Gasteiger partial charge in [0.25, 0.3) is 0 Å². The Labute approximate surface area is 198 Å². The van der Waals surface area contributed by atoms with E-state index in [4.69, 9.17) is 19.8 Å². The van der Waals surface area contributed by atoms with Gasteiger partial charge in [-0.3, -0.25) is 4.90 Å². The van der Waals surface area contributed by atoms with Gasteiger partial charge in [-0.05, 0) is 55.4 Å². The second-order valence-corrected chi connectivity index (χ2v) is 11.3. The molecule has 0 bridgehead atoms. The van der Waals surface area contributed by atoms with Crippen molar-refractivity contribution in [2.45, 2.75) is 43.5 Å². The number of thiophene rings is 1. The molecule has 3 N–H and O–H groups in total. The molecular weight excluding hydrogens is 458 g/mol. The quantitative estimate of drug-likeness (QED) is 0.527. The van der Waals surface area contributed by atoms with E-state index < -0.39 is 10.0 Å². The van der Waals surface area contributed by atoms with E-state index in [-0.39, 0.29) is 4.90 Å². The Morgan fingerprint density at radius 2 is 1.85 bits per heavy atom. The first kappa shape index (κ1) is 22.7. The number of fused-ring (bicyclic) bond motifs is 3. The van der Waals surface area contributed by atoms with E-state index in [1.54, 1.807) is 12.1 Å². The minimum Gasteiger partial charge on any atom is -0.379 e. The van der Waals surface area contributed by atoms with Gasteiger partial charge < -0.3 is 10.1 Å². The van der Waals surface area contributed by atoms with Crippen molar-refractivity contribution in [1.82, 2.24) is 14.9 Å². The van der Waals surface area contributed by atoms with Crippen molar-refractivity contribution in [3.8, 4) is 0 Å². The number of benzene rings is 1. The number of nitrogens with two attached hydrogens (primary N) is 1. The Bertz CT molecular complexity index is 1240. The number of morpholine rings is 1. The highest BCUT2D eigenvalue weighted by atomic mass is 32.2. The minimum absolute atomic E-state index is 0.134. The van der Waals surface area contributed by atoms with Crippen molar-refractivity contribution in [3.63, 3.8) is 0 Å². The molecule has 2 aliphatic rings. The number of nitrogens with one attached hydrogen (secondary N) is 1. The summed E-state index contributed by atoms with van der Waals surface area (Å²) >= 11 is 1.82. The van der Waals surface area contributed by atoms with Crippen LogP contribution in [0.4, 0.5) is 5.82 Å². The summed E-state index contributed by atoms with van der Waals surface area (Å²) in [6, 6.07) is 6.74. The maximum Gasteiger partial charge on any atom is 0.238 e. The predicted molar refractivity (Wildman–Crippen MR) is 130 cm³/mol. The average Bonchev–Trinajstić information content (AvgIpc) is 3.18. The number of ether oxygens (including phenoxy) is 1. The first-order chi connectivity index (χ1) is 16.0. The molecule has 176 valence electrons. The normalized spacial score (nSPS) is 17.2. The van der Waals surface area contributed by atoms with E-state index in [1.807, 2.05) is 23.5 Å². The zero-order valence-electron chi connectivity index (χ0n) is 18.5. The molecule has 10 heteroatoms. The summed E-state index contributed by atoms with van der Waals surface area (Å²) < 4.78 is 28.4. The van der Waals surface area contributed by atoms with Gasteiger partial charge >= 0.3 is 0 Å². The molecule has 1 aromatic carbocycles. The summed E-state index contributed by atoms with van der Waals surface area (Å²) in [5, 5.41) is 9.95. The lowest BCUT2D eigenvalue weighted by Crippen LogP contribution is -2.36. The number of hydrogen-bond acceptors (Lipinski definition) is 8. The summed E-state index contributed by atoms with van der Waals surface area (Å²) in [5.41, 5.74) is 2.46. The lowest BCUT2D eigenvalue weighted by molar-refractivity contribution is 0.0331. The van der Waals surface area contributed by atoms with Crippen LogP contribution in [-0.4, -0.2) is 56.1 Å². The van der Waals surface area contributed by atoms with Crippen LogP contribution in [0.3, 0.4) is 0 Å². The van der Waals surface area contributed by atoms with Gasteiger partial charge in [0.15, 0.2) is 0 Å². The fourth-order valence-electron chi connectivity index (χ4n) is 4.53. The number of sulfonamides is 1. The number of nitrogens with zero attached hydrogens (tertiary/aromatic N) is 3. The molecule has 0 amide bonds. The standard InChI is InChI=1S/C23H29N5O3S2/c24-33(29,30)17-7-5-16(6-8-17)9-10-25-22-21-18-3-1-2-4-19(18)32-23(21)27-20(26-22)15-28-11-13-31-14-12-28/h5-8H,1-4,9-15H2,(H2,24,29,30)(H,25,26,27). The summed E-state index contributed by atoms with van der Waals surface area (Å²) in [5.74, 6) is 1.77. The topological polar surface area (TPSA) is 110 Å². The molecule has 0 unspecified atom stereocenters. The lowest BCUT2D eigenvalue weighted by atomic mass is 9.97. The highest BCUT2D eigenvalue weighted by molar-refractivity contribution is 7.89. The van der Waals surface area contributed by atoms with Crippen molar-refractivity contribution < 1.29 is 13.2 Å². The van der Waals surface area contributed by atoms with Crippen molar-refractivity contribution in [1.29, 1.82) is 0 Å². The van der Waals surface area contributed by atoms with Crippen LogP contribution >= 0.6 is 11.3 Å². The van der Waals surface area contributed by atoms with Crippen LogP contribution in [0.2, 0.25) is 0 Å². The third-order valence-corrected chi connectivity index (χ3v) is 8.40. The van der Waals surface area contributed by atoms with Gasteiger partial charge in [0.05, 0.1) is 30.0 Å². The van der Waals surface area contributed by atoms with E-state index >= 15 is 0 Å². The fraction of sp³-hybridized carbons (Fsp3) is 0.478. The number of hydrogen-bond donors (Lipinski definition) is 2. The van der Waals surface area contributed by atoms with Crippen molar-refractivity contribution >= 4 is 37.4 Å². The molecule has 0 radical (unpaired) electrons. The third kappa shape index (κ3) is 5.20. The molecule has 5 rings (SSSR count). The van der Waals surface area contributed by atoms with Gasteiger partial charge in [-0.1, -0.05) is 12.1 Å². The molecule has 1 saturated heterocycles. The Morgan fingerprint density at radius 3 is 2.61 bits per heavy atom. The molecule has 0 saturated carbocycles. The van der Waals surface area contributed by atoms with E-state index in [9.17, 15) is 8.42 Å². The molecule has 8 nitrogen and oxygen atoms in total. The van der Waals surface area contributed by atoms with Crippen LogP contribution in [0.15, 0.2) is 29.2 Å². The van der Waals surface area contributed by atoms with Crippen LogP contribution in [0.25, 0.3) is 10.2 Å².